The molecule has 0 amide bonds. The van der Waals surface area contributed by atoms with Gasteiger partial charge in [-0.3, -0.25) is 4.68 Å². The van der Waals surface area contributed by atoms with Gasteiger partial charge in [0.2, 0.25) is 0 Å². The monoisotopic (exact) mass is 250 g/mol. The molecule has 0 aromatic carbocycles. The molecule has 92 valence electrons. The zero-order valence-corrected chi connectivity index (χ0v) is 11.3. The van der Waals surface area contributed by atoms with Crippen LogP contribution in [-0.4, -0.2) is 21.3 Å². The Bertz CT molecular complexity index is 473. The van der Waals surface area contributed by atoms with Crippen LogP contribution in [0.5, 0.6) is 0 Å². The zero-order chi connectivity index (χ0) is 12.3. The Kier molecular flexibility index (Phi) is 3.91. The van der Waals surface area contributed by atoms with E-state index in [-0.39, 0.29) is 0 Å². The molecule has 0 fully saturated rings. The molecule has 0 aliphatic heterocycles. The highest BCUT2D eigenvalue weighted by Gasteiger charge is 2.11. The second-order valence-electron chi connectivity index (χ2n) is 4.01. The van der Waals surface area contributed by atoms with E-state index in [1.807, 2.05) is 16.3 Å². The lowest BCUT2D eigenvalue weighted by molar-refractivity contribution is 0.652. The van der Waals surface area contributed by atoms with Gasteiger partial charge >= 0.3 is 0 Å². The van der Waals surface area contributed by atoms with Crippen molar-refractivity contribution in [1.29, 1.82) is 0 Å². The summed E-state index contributed by atoms with van der Waals surface area (Å²) in [6.07, 6.45) is 1.84. The highest BCUT2D eigenvalue weighted by Crippen LogP contribution is 2.15. The summed E-state index contributed by atoms with van der Waals surface area (Å²) >= 11 is 1.67. The highest BCUT2D eigenvalue weighted by atomic mass is 32.1. The lowest BCUT2D eigenvalue weighted by atomic mass is 10.2. The summed E-state index contributed by atoms with van der Waals surface area (Å²) in [7, 11) is 0. The largest absolute Gasteiger partial charge is 0.313 e. The van der Waals surface area contributed by atoms with Crippen molar-refractivity contribution < 1.29 is 0 Å². The normalized spacial score (nSPS) is 11.0. The maximum absolute atomic E-state index is 4.58. The molecule has 0 saturated carbocycles. The summed E-state index contributed by atoms with van der Waals surface area (Å²) < 4.78 is 2.04. The van der Waals surface area contributed by atoms with Crippen LogP contribution >= 0.6 is 11.3 Å². The molecule has 5 heteroatoms. The van der Waals surface area contributed by atoms with Gasteiger partial charge in [-0.1, -0.05) is 6.92 Å². The number of aryl methyl sites for hydroxylation is 1. The first kappa shape index (κ1) is 12.3. The van der Waals surface area contributed by atoms with Gasteiger partial charge in [0.05, 0.1) is 12.2 Å². The van der Waals surface area contributed by atoms with Crippen molar-refractivity contribution >= 4 is 11.3 Å². The van der Waals surface area contributed by atoms with Crippen LogP contribution in [0.2, 0.25) is 0 Å². The molecular weight excluding hydrogens is 232 g/mol. The molecule has 17 heavy (non-hydrogen) atoms. The Hall–Kier alpha value is -1.20. The Morgan fingerprint density at radius 3 is 2.88 bits per heavy atom. The van der Waals surface area contributed by atoms with Gasteiger partial charge in [-0.15, -0.1) is 11.3 Å². The van der Waals surface area contributed by atoms with Gasteiger partial charge in [0.15, 0.2) is 0 Å². The van der Waals surface area contributed by atoms with E-state index in [2.05, 4.69) is 36.2 Å². The van der Waals surface area contributed by atoms with Crippen LogP contribution in [0.3, 0.4) is 0 Å². The SMILES string of the molecule is CCNCc1c(C)nn(Cc2nccs2)c1C. The first-order valence-electron chi connectivity index (χ1n) is 5.84. The average molecular weight is 250 g/mol. The fraction of sp³-hybridized carbons (Fsp3) is 0.500. The van der Waals surface area contributed by atoms with E-state index in [0.29, 0.717) is 0 Å². The molecule has 0 spiro atoms. The van der Waals surface area contributed by atoms with Crippen molar-refractivity contribution in [3.8, 4) is 0 Å². The number of nitrogens with one attached hydrogen (secondary N) is 1. The fourth-order valence-electron chi connectivity index (χ4n) is 1.85. The van der Waals surface area contributed by atoms with Crippen LogP contribution in [0.15, 0.2) is 11.6 Å². The minimum atomic E-state index is 0.774. The van der Waals surface area contributed by atoms with Crippen molar-refractivity contribution in [1.82, 2.24) is 20.1 Å². The van der Waals surface area contributed by atoms with E-state index >= 15 is 0 Å². The van der Waals surface area contributed by atoms with Crippen molar-refractivity contribution in [2.75, 3.05) is 6.54 Å². The zero-order valence-electron chi connectivity index (χ0n) is 10.5. The molecule has 1 N–H and O–H groups in total. The number of hydrogen-bond acceptors (Lipinski definition) is 4. The smallest absolute Gasteiger partial charge is 0.114 e. The summed E-state index contributed by atoms with van der Waals surface area (Å²) in [5.74, 6) is 0. The molecule has 0 aliphatic carbocycles. The highest BCUT2D eigenvalue weighted by molar-refractivity contribution is 7.09. The van der Waals surface area contributed by atoms with Crippen LogP contribution in [-0.2, 0) is 13.1 Å². The fourth-order valence-corrected chi connectivity index (χ4v) is 2.45. The van der Waals surface area contributed by atoms with Crippen molar-refractivity contribution in [3.63, 3.8) is 0 Å². The van der Waals surface area contributed by atoms with Crippen molar-refractivity contribution in [2.45, 2.75) is 33.9 Å². The minimum Gasteiger partial charge on any atom is -0.313 e. The lowest BCUT2D eigenvalue weighted by Gasteiger charge is -2.04. The molecule has 0 bridgehead atoms. The molecule has 0 unspecified atom stereocenters. The second-order valence-corrected chi connectivity index (χ2v) is 4.99. The van der Waals surface area contributed by atoms with Gasteiger partial charge in [-0.2, -0.15) is 5.10 Å². The molecule has 0 aliphatic rings. The van der Waals surface area contributed by atoms with Crippen molar-refractivity contribution in [3.05, 3.63) is 33.5 Å². The van der Waals surface area contributed by atoms with Gasteiger partial charge < -0.3 is 5.32 Å². The number of thiazole rings is 1. The van der Waals surface area contributed by atoms with E-state index in [4.69, 9.17) is 0 Å². The second kappa shape index (κ2) is 5.42. The first-order chi connectivity index (χ1) is 8.22. The molecule has 4 nitrogen and oxygen atoms in total. The molecular formula is C12H18N4S. The third-order valence-electron chi connectivity index (χ3n) is 2.85. The van der Waals surface area contributed by atoms with E-state index in [9.17, 15) is 0 Å². The molecule has 2 heterocycles. The van der Waals surface area contributed by atoms with Crippen LogP contribution in [0.25, 0.3) is 0 Å². The molecule has 0 atom stereocenters. The molecule has 0 saturated heterocycles. The Morgan fingerprint density at radius 1 is 1.41 bits per heavy atom. The third-order valence-corrected chi connectivity index (χ3v) is 3.62. The van der Waals surface area contributed by atoms with Gasteiger partial charge in [0.25, 0.3) is 0 Å². The summed E-state index contributed by atoms with van der Waals surface area (Å²) in [5.41, 5.74) is 3.65. The topological polar surface area (TPSA) is 42.7 Å². The summed E-state index contributed by atoms with van der Waals surface area (Å²) in [6, 6.07) is 0. The maximum atomic E-state index is 4.58. The molecule has 2 aromatic rings. The maximum Gasteiger partial charge on any atom is 0.114 e. The number of aromatic nitrogens is 3. The standard InChI is InChI=1S/C12H18N4S/c1-4-13-7-11-9(2)15-16(10(11)3)8-12-14-5-6-17-12/h5-6,13H,4,7-8H2,1-3H3. The number of rotatable bonds is 5. The minimum absolute atomic E-state index is 0.774. The van der Waals surface area contributed by atoms with E-state index in [1.165, 1.54) is 11.3 Å². The Morgan fingerprint density at radius 2 is 2.24 bits per heavy atom. The van der Waals surface area contributed by atoms with E-state index in [1.54, 1.807) is 11.3 Å². The summed E-state index contributed by atoms with van der Waals surface area (Å²) in [6.45, 7) is 8.96. The summed E-state index contributed by atoms with van der Waals surface area (Å²) in [4.78, 5) is 4.30. The number of hydrogen-bond donors (Lipinski definition) is 1. The Labute approximate surface area is 106 Å². The molecule has 2 aromatic heterocycles. The van der Waals surface area contributed by atoms with Crippen LogP contribution < -0.4 is 5.32 Å². The molecule has 2 rings (SSSR count). The van der Waals surface area contributed by atoms with E-state index < -0.39 is 0 Å². The average Bonchev–Trinajstić information content (AvgIpc) is 2.89. The van der Waals surface area contributed by atoms with Crippen LogP contribution in [0, 0.1) is 13.8 Å². The van der Waals surface area contributed by atoms with Gasteiger partial charge in [0, 0.05) is 29.4 Å². The lowest BCUT2D eigenvalue weighted by Crippen LogP contribution is -2.13. The predicted octanol–water partition coefficient (Wildman–Crippen LogP) is 2.11. The van der Waals surface area contributed by atoms with Gasteiger partial charge in [-0.25, -0.2) is 4.98 Å². The third kappa shape index (κ3) is 2.73. The van der Waals surface area contributed by atoms with Crippen molar-refractivity contribution in [2.24, 2.45) is 0 Å². The number of nitrogens with zero attached hydrogens (tertiary/aromatic N) is 3. The quantitative estimate of drug-likeness (QED) is 0.884. The van der Waals surface area contributed by atoms with E-state index in [0.717, 1.165) is 30.3 Å². The first-order valence-corrected chi connectivity index (χ1v) is 6.72. The predicted molar refractivity (Wildman–Crippen MR) is 70.3 cm³/mol. The van der Waals surface area contributed by atoms with Gasteiger partial charge in [0.1, 0.15) is 5.01 Å². The summed E-state index contributed by atoms with van der Waals surface area (Å²) in [5, 5.41) is 11.0. The Balaban J connectivity index is 2.18. The van der Waals surface area contributed by atoms with Crippen LogP contribution in [0.1, 0.15) is 28.9 Å². The van der Waals surface area contributed by atoms with Gasteiger partial charge in [-0.05, 0) is 20.4 Å². The molecule has 0 radical (unpaired) electrons. The van der Waals surface area contributed by atoms with Crippen LogP contribution in [0.4, 0.5) is 0 Å².